The first kappa shape index (κ1) is 27.0. The monoisotopic (exact) mass is 484 g/mol. The van der Waals surface area contributed by atoms with E-state index in [-0.39, 0.29) is 18.3 Å². The lowest BCUT2D eigenvalue weighted by atomic mass is 10.1. The number of nitrogens with zero attached hydrogens (tertiary/aromatic N) is 1. The fourth-order valence-corrected chi connectivity index (χ4v) is 3.63. The number of ether oxygens (including phenoxy) is 2. The van der Waals surface area contributed by atoms with Gasteiger partial charge in [-0.25, -0.2) is 0 Å². The molecule has 0 saturated carbocycles. The zero-order valence-electron chi connectivity index (χ0n) is 21.2. The Kier molecular flexibility index (Phi) is 11.0. The predicted octanol–water partition coefficient (Wildman–Crippen LogP) is 5.76. The van der Waals surface area contributed by atoms with Crippen molar-refractivity contribution in [3.63, 3.8) is 0 Å². The molecule has 0 aliphatic carbocycles. The molecule has 3 aromatic carbocycles. The number of unbranched alkanes of at least 4 members (excludes halogenated alkanes) is 1. The third kappa shape index (κ3) is 9.22. The minimum absolute atomic E-state index is 0.0240. The topological polar surface area (TPSA) is 58.7 Å². The van der Waals surface area contributed by atoms with Crippen molar-refractivity contribution in [3.05, 3.63) is 101 Å². The number of methoxy groups -OCH3 is 1. The molecule has 0 N–H and O–H groups in total. The number of hydrogen-bond acceptors (Lipinski definition) is 3. The summed E-state index contributed by atoms with van der Waals surface area (Å²) >= 11 is 0. The third-order valence-electron chi connectivity index (χ3n) is 5.76. The van der Waals surface area contributed by atoms with E-state index in [4.69, 9.17) is 9.47 Å². The van der Waals surface area contributed by atoms with Crippen molar-refractivity contribution in [2.24, 2.45) is 0 Å². The van der Waals surface area contributed by atoms with Gasteiger partial charge in [0.15, 0.2) is 5.75 Å². The molecule has 3 aromatic rings. The number of aryl methyl sites for hydroxylation is 1. The van der Waals surface area contributed by atoms with Crippen LogP contribution in [0.25, 0.3) is 0 Å². The van der Waals surface area contributed by atoms with Gasteiger partial charge in [-0.2, -0.15) is 0 Å². The molecule has 0 saturated heterocycles. The summed E-state index contributed by atoms with van der Waals surface area (Å²) in [6.45, 7) is 3.79. The van der Waals surface area contributed by atoms with E-state index in [0.29, 0.717) is 26.3 Å². The quantitative estimate of drug-likeness (QED) is 0.242. The van der Waals surface area contributed by atoms with E-state index in [2.05, 4.69) is 43.0 Å². The summed E-state index contributed by atoms with van der Waals surface area (Å²) in [4.78, 5) is 14.6. The molecule has 0 atom stereocenters. The Morgan fingerprint density at radius 3 is 1.83 bits per heavy atom. The molecule has 187 valence electrons. The average molecular weight is 485 g/mol. The van der Waals surface area contributed by atoms with Crippen molar-refractivity contribution in [1.82, 2.24) is 4.90 Å². The standard InChI is InChI=1S/C31H34NO4/c1-3-4-5-25-6-8-26(9-7-25)10-11-27-12-14-28(15-13-27)22-32(31(34)24-36-21-20-35-2)23-29-16-18-30(33)19-17-29/h6-9,12-19H,3-5,20-24H2,1-2H3. The zero-order valence-corrected chi connectivity index (χ0v) is 21.2. The van der Waals surface area contributed by atoms with Crippen LogP contribution in [0.5, 0.6) is 5.75 Å². The lowest BCUT2D eigenvalue weighted by Crippen LogP contribution is -2.33. The van der Waals surface area contributed by atoms with Gasteiger partial charge >= 0.3 is 0 Å². The Morgan fingerprint density at radius 2 is 1.31 bits per heavy atom. The Bertz CT molecular complexity index is 1130. The lowest BCUT2D eigenvalue weighted by Gasteiger charge is -2.23. The predicted molar refractivity (Wildman–Crippen MR) is 141 cm³/mol. The van der Waals surface area contributed by atoms with Crippen molar-refractivity contribution >= 4 is 5.91 Å². The summed E-state index contributed by atoms with van der Waals surface area (Å²) < 4.78 is 10.4. The van der Waals surface area contributed by atoms with Gasteiger partial charge in [0.2, 0.25) is 5.91 Å². The van der Waals surface area contributed by atoms with Crippen LogP contribution < -0.4 is 0 Å². The van der Waals surface area contributed by atoms with Gasteiger partial charge in [0, 0.05) is 31.3 Å². The van der Waals surface area contributed by atoms with Crippen LogP contribution in [0.3, 0.4) is 0 Å². The smallest absolute Gasteiger partial charge is 0.249 e. The molecule has 0 heterocycles. The summed E-state index contributed by atoms with van der Waals surface area (Å²) in [6.07, 6.45) is 3.50. The molecule has 0 fully saturated rings. The Hall–Kier alpha value is -3.59. The average Bonchev–Trinajstić information content (AvgIpc) is 2.91. The van der Waals surface area contributed by atoms with E-state index in [1.54, 1.807) is 24.1 Å². The molecule has 3 rings (SSSR count). The summed E-state index contributed by atoms with van der Waals surface area (Å²) in [7, 11) is 1.59. The number of carbonyl (C=O) groups excluding carboxylic acids is 1. The highest BCUT2D eigenvalue weighted by molar-refractivity contribution is 5.77. The minimum Gasteiger partial charge on any atom is -0.382 e. The number of benzene rings is 3. The Labute approximate surface area is 214 Å². The van der Waals surface area contributed by atoms with Crippen molar-refractivity contribution in [3.8, 4) is 17.6 Å². The second-order valence-electron chi connectivity index (χ2n) is 8.69. The number of carbonyl (C=O) groups is 1. The Morgan fingerprint density at radius 1 is 0.778 bits per heavy atom. The van der Waals surface area contributed by atoms with Gasteiger partial charge in [-0.1, -0.05) is 61.6 Å². The summed E-state index contributed by atoms with van der Waals surface area (Å²) in [5.74, 6) is 6.27. The molecule has 1 amide bonds. The first-order valence-electron chi connectivity index (χ1n) is 12.4. The van der Waals surface area contributed by atoms with E-state index in [1.807, 2.05) is 24.3 Å². The van der Waals surface area contributed by atoms with E-state index < -0.39 is 0 Å². The number of hydrogen-bond donors (Lipinski definition) is 0. The van der Waals surface area contributed by atoms with Crippen LogP contribution in [0.4, 0.5) is 0 Å². The van der Waals surface area contributed by atoms with Crippen LogP contribution in [0, 0.1) is 11.8 Å². The van der Waals surface area contributed by atoms with Crippen LogP contribution >= 0.6 is 0 Å². The van der Waals surface area contributed by atoms with E-state index in [1.165, 1.54) is 30.5 Å². The first-order valence-corrected chi connectivity index (χ1v) is 12.4. The van der Waals surface area contributed by atoms with Crippen LogP contribution in [-0.4, -0.2) is 37.7 Å². The van der Waals surface area contributed by atoms with Gasteiger partial charge in [-0.15, -0.1) is 0 Å². The summed E-state index contributed by atoms with van der Waals surface area (Å²) in [5.41, 5.74) is 5.14. The molecule has 0 unspecified atom stereocenters. The van der Waals surface area contributed by atoms with Gasteiger partial charge < -0.3 is 14.4 Å². The zero-order chi connectivity index (χ0) is 25.6. The molecule has 5 nitrogen and oxygen atoms in total. The van der Waals surface area contributed by atoms with Crippen molar-refractivity contribution < 1.29 is 19.4 Å². The second kappa shape index (κ2) is 14.7. The molecule has 36 heavy (non-hydrogen) atoms. The van der Waals surface area contributed by atoms with Crippen LogP contribution in [0.2, 0.25) is 0 Å². The Balaban J connectivity index is 1.64. The summed E-state index contributed by atoms with van der Waals surface area (Å²) in [5, 5.41) is 11.4. The molecule has 0 aliphatic rings. The van der Waals surface area contributed by atoms with Gasteiger partial charge in [0.1, 0.15) is 6.61 Å². The summed E-state index contributed by atoms with van der Waals surface area (Å²) in [6, 6.07) is 22.9. The van der Waals surface area contributed by atoms with E-state index >= 15 is 0 Å². The molecular weight excluding hydrogens is 450 g/mol. The normalized spacial score (nSPS) is 10.5. The first-order chi connectivity index (χ1) is 17.6. The third-order valence-corrected chi connectivity index (χ3v) is 5.76. The molecule has 0 aromatic heterocycles. The van der Waals surface area contributed by atoms with E-state index in [9.17, 15) is 9.90 Å². The van der Waals surface area contributed by atoms with Crippen molar-refractivity contribution in [2.45, 2.75) is 39.3 Å². The molecule has 5 heteroatoms. The molecule has 0 bridgehead atoms. The number of amides is 1. The fraction of sp³-hybridized carbons (Fsp3) is 0.323. The highest BCUT2D eigenvalue weighted by Crippen LogP contribution is 2.15. The van der Waals surface area contributed by atoms with Gasteiger partial charge in [-0.3, -0.25) is 9.90 Å². The van der Waals surface area contributed by atoms with Crippen molar-refractivity contribution in [2.75, 3.05) is 26.9 Å². The maximum absolute atomic E-state index is 12.9. The van der Waals surface area contributed by atoms with Gasteiger partial charge in [0.05, 0.1) is 13.2 Å². The molecular formula is C31H34NO4. The minimum atomic E-state index is -0.122. The highest BCUT2D eigenvalue weighted by atomic mass is 16.5. The molecule has 0 aliphatic heterocycles. The fourth-order valence-electron chi connectivity index (χ4n) is 3.63. The highest BCUT2D eigenvalue weighted by Gasteiger charge is 2.15. The van der Waals surface area contributed by atoms with Crippen LogP contribution in [0.15, 0.2) is 72.8 Å². The molecule has 0 spiro atoms. The van der Waals surface area contributed by atoms with E-state index in [0.717, 1.165) is 28.7 Å². The second-order valence-corrected chi connectivity index (χ2v) is 8.69. The number of rotatable bonds is 12. The maximum atomic E-state index is 12.9. The van der Waals surface area contributed by atoms with Gasteiger partial charge in [0.25, 0.3) is 0 Å². The lowest BCUT2D eigenvalue weighted by molar-refractivity contribution is -0.137. The van der Waals surface area contributed by atoms with Gasteiger partial charge in [-0.05, 0) is 65.9 Å². The van der Waals surface area contributed by atoms with Crippen molar-refractivity contribution in [1.29, 1.82) is 0 Å². The maximum Gasteiger partial charge on any atom is 0.249 e. The van der Waals surface area contributed by atoms with Crippen LogP contribution in [-0.2, 0) is 38.9 Å². The SMILES string of the molecule is CCCCc1ccc(C#Cc2ccc(CN(Cc3ccc([O])cc3)C(=O)COCCOC)cc2)cc1. The van der Waals surface area contributed by atoms with Crippen LogP contribution in [0.1, 0.15) is 47.6 Å². The largest absolute Gasteiger partial charge is 0.382 e. The molecule has 1 radical (unpaired) electrons.